The van der Waals surface area contributed by atoms with E-state index in [1.165, 1.54) is 11.1 Å². The summed E-state index contributed by atoms with van der Waals surface area (Å²) in [5.41, 5.74) is 4.49. The normalized spacial score (nSPS) is 14.4. The second kappa shape index (κ2) is 7.94. The Morgan fingerprint density at radius 3 is 2.22 bits per heavy atom. The maximum atomic E-state index is 12.2. The summed E-state index contributed by atoms with van der Waals surface area (Å²) in [6.07, 6.45) is 0.895. The first-order valence-corrected chi connectivity index (χ1v) is 9.56. The standard InChI is InChI=1S/C21H29N5O/c1-6-18-16(3)22-19(17-9-7-15(2)8-10-17)23-20(18)25-11-13-26(14-12-25)21(27)24(4)5/h7-10H,6,11-14H2,1-5H3. The van der Waals surface area contributed by atoms with Crippen molar-refractivity contribution in [2.24, 2.45) is 0 Å². The lowest BCUT2D eigenvalue weighted by molar-refractivity contribution is 0.168. The van der Waals surface area contributed by atoms with E-state index in [1.54, 1.807) is 19.0 Å². The van der Waals surface area contributed by atoms with E-state index in [0.29, 0.717) is 13.1 Å². The van der Waals surface area contributed by atoms with E-state index in [9.17, 15) is 4.79 Å². The topological polar surface area (TPSA) is 52.6 Å². The van der Waals surface area contributed by atoms with Gasteiger partial charge in [-0.2, -0.15) is 0 Å². The Kier molecular flexibility index (Phi) is 5.63. The van der Waals surface area contributed by atoms with Crippen molar-refractivity contribution in [1.29, 1.82) is 0 Å². The molecule has 0 atom stereocenters. The summed E-state index contributed by atoms with van der Waals surface area (Å²) >= 11 is 0. The molecule has 3 rings (SSSR count). The van der Waals surface area contributed by atoms with Crippen LogP contribution in [0.25, 0.3) is 11.4 Å². The van der Waals surface area contributed by atoms with Gasteiger partial charge in [0.05, 0.1) is 0 Å². The number of aromatic nitrogens is 2. The summed E-state index contributed by atoms with van der Waals surface area (Å²) < 4.78 is 0. The molecule has 0 aliphatic carbocycles. The molecule has 0 radical (unpaired) electrons. The van der Waals surface area contributed by atoms with Crippen molar-refractivity contribution in [1.82, 2.24) is 19.8 Å². The predicted octanol–water partition coefficient (Wildman–Crippen LogP) is 3.13. The van der Waals surface area contributed by atoms with Crippen LogP contribution in [0.1, 0.15) is 23.7 Å². The van der Waals surface area contributed by atoms with E-state index < -0.39 is 0 Å². The third-order valence-electron chi connectivity index (χ3n) is 5.09. The number of piperazine rings is 1. The van der Waals surface area contributed by atoms with Crippen molar-refractivity contribution >= 4 is 11.8 Å². The van der Waals surface area contributed by atoms with Gasteiger partial charge >= 0.3 is 6.03 Å². The van der Waals surface area contributed by atoms with Crippen LogP contribution in [0.5, 0.6) is 0 Å². The highest BCUT2D eigenvalue weighted by molar-refractivity contribution is 5.74. The summed E-state index contributed by atoms with van der Waals surface area (Å²) in [6.45, 7) is 9.29. The Hall–Kier alpha value is -2.63. The lowest BCUT2D eigenvalue weighted by atomic mass is 10.1. The molecule has 0 bridgehead atoms. The third kappa shape index (κ3) is 4.04. The second-order valence-corrected chi connectivity index (χ2v) is 7.31. The number of amides is 2. The lowest BCUT2D eigenvalue weighted by Crippen LogP contribution is -2.52. The summed E-state index contributed by atoms with van der Waals surface area (Å²) in [5, 5.41) is 0. The monoisotopic (exact) mass is 367 g/mol. The van der Waals surface area contributed by atoms with Crippen LogP contribution < -0.4 is 4.90 Å². The maximum Gasteiger partial charge on any atom is 0.319 e. The zero-order valence-corrected chi connectivity index (χ0v) is 17.0. The smallest absolute Gasteiger partial charge is 0.319 e. The van der Waals surface area contributed by atoms with Gasteiger partial charge < -0.3 is 14.7 Å². The SMILES string of the molecule is CCc1c(C)nc(-c2ccc(C)cc2)nc1N1CCN(C(=O)N(C)C)CC1. The van der Waals surface area contributed by atoms with Crippen LogP contribution in [-0.4, -0.2) is 66.1 Å². The van der Waals surface area contributed by atoms with Crippen molar-refractivity contribution in [3.05, 3.63) is 41.1 Å². The molecular formula is C21H29N5O. The van der Waals surface area contributed by atoms with Crippen LogP contribution in [0.15, 0.2) is 24.3 Å². The molecule has 0 saturated carbocycles. The van der Waals surface area contributed by atoms with Crippen molar-refractivity contribution in [3.8, 4) is 11.4 Å². The van der Waals surface area contributed by atoms with Crippen LogP contribution in [0.4, 0.5) is 10.6 Å². The van der Waals surface area contributed by atoms with E-state index in [2.05, 4.69) is 49.9 Å². The van der Waals surface area contributed by atoms with Crippen molar-refractivity contribution in [2.75, 3.05) is 45.2 Å². The number of carbonyl (C=O) groups is 1. The molecule has 1 fully saturated rings. The Labute approximate surface area is 161 Å². The van der Waals surface area contributed by atoms with Crippen LogP contribution in [0, 0.1) is 13.8 Å². The van der Waals surface area contributed by atoms with E-state index in [1.807, 2.05) is 4.90 Å². The first-order chi connectivity index (χ1) is 12.9. The molecule has 1 aliphatic rings. The fourth-order valence-corrected chi connectivity index (χ4v) is 3.48. The van der Waals surface area contributed by atoms with Crippen LogP contribution >= 0.6 is 0 Å². The molecule has 0 N–H and O–H groups in total. The number of urea groups is 1. The minimum Gasteiger partial charge on any atom is -0.353 e. The van der Waals surface area contributed by atoms with Gasteiger partial charge in [0.2, 0.25) is 0 Å². The lowest BCUT2D eigenvalue weighted by Gasteiger charge is -2.37. The number of benzene rings is 1. The van der Waals surface area contributed by atoms with Gasteiger partial charge in [-0.25, -0.2) is 14.8 Å². The number of carbonyl (C=O) groups excluding carboxylic acids is 1. The molecule has 6 heteroatoms. The minimum absolute atomic E-state index is 0.0737. The second-order valence-electron chi connectivity index (χ2n) is 7.31. The molecule has 1 aromatic heterocycles. The molecule has 1 aliphatic heterocycles. The van der Waals surface area contributed by atoms with E-state index in [-0.39, 0.29) is 6.03 Å². The zero-order chi connectivity index (χ0) is 19.6. The van der Waals surface area contributed by atoms with Gasteiger partial charge in [-0.1, -0.05) is 36.8 Å². The van der Waals surface area contributed by atoms with Gasteiger partial charge in [-0.3, -0.25) is 0 Å². The van der Waals surface area contributed by atoms with Crippen LogP contribution in [-0.2, 0) is 6.42 Å². The summed E-state index contributed by atoms with van der Waals surface area (Å²) in [6, 6.07) is 8.41. The van der Waals surface area contributed by atoms with Crippen molar-refractivity contribution in [3.63, 3.8) is 0 Å². The van der Waals surface area contributed by atoms with Gasteiger partial charge in [-0.15, -0.1) is 0 Å². The highest BCUT2D eigenvalue weighted by Crippen LogP contribution is 2.27. The minimum atomic E-state index is 0.0737. The molecular weight excluding hydrogens is 338 g/mol. The van der Waals surface area contributed by atoms with Gasteiger partial charge in [0.25, 0.3) is 0 Å². The number of nitrogens with zero attached hydrogens (tertiary/aromatic N) is 5. The Bertz CT molecular complexity index is 808. The van der Waals surface area contributed by atoms with Gasteiger partial charge in [0.1, 0.15) is 5.82 Å². The summed E-state index contributed by atoms with van der Waals surface area (Å²) in [5.74, 6) is 1.78. The number of aryl methyl sites for hydroxylation is 2. The average Bonchev–Trinajstić information content (AvgIpc) is 2.67. The van der Waals surface area contributed by atoms with Gasteiger partial charge in [0.15, 0.2) is 5.82 Å². The summed E-state index contributed by atoms with van der Waals surface area (Å²) in [4.78, 5) is 27.7. The number of rotatable bonds is 3. The molecule has 1 saturated heterocycles. The van der Waals surface area contributed by atoms with E-state index in [4.69, 9.17) is 9.97 Å². The highest BCUT2D eigenvalue weighted by Gasteiger charge is 2.25. The Morgan fingerprint density at radius 2 is 1.67 bits per heavy atom. The van der Waals surface area contributed by atoms with Crippen LogP contribution in [0.2, 0.25) is 0 Å². The maximum absolute atomic E-state index is 12.2. The molecule has 6 nitrogen and oxygen atoms in total. The summed E-state index contributed by atoms with van der Waals surface area (Å²) in [7, 11) is 3.59. The molecule has 0 unspecified atom stereocenters. The molecule has 27 heavy (non-hydrogen) atoms. The molecule has 2 amide bonds. The number of hydrogen-bond donors (Lipinski definition) is 0. The molecule has 0 spiro atoms. The first kappa shape index (κ1) is 19.1. The largest absolute Gasteiger partial charge is 0.353 e. The van der Waals surface area contributed by atoms with Crippen molar-refractivity contribution in [2.45, 2.75) is 27.2 Å². The molecule has 144 valence electrons. The Morgan fingerprint density at radius 1 is 1.04 bits per heavy atom. The van der Waals surface area contributed by atoms with Gasteiger partial charge in [-0.05, 0) is 20.3 Å². The molecule has 2 aromatic rings. The first-order valence-electron chi connectivity index (χ1n) is 9.56. The predicted molar refractivity (Wildman–Crippen MR) is 109 cm³/mol. The highest BCUT2D eigenvalue weighted by atomic mass is 16.2. The average molecular weight is 367 g/mol. The quantitative estimate of drug-likeness (QED) is 0.836. The fourth-order valence-electron chi connectivity index (χ4n) is 3.48. The number of anilines is 1. The Balaban J connectivity index is 1.88. The van der Waals surface area contributed by atoms with E-state index in [0.717, 1.165) is 42.4 Å². The van der Waals surface area contributed by atoms with E-state index >= 15 is 0 Å². The third-order valence-corrected chi connectivity index (χ3v) is 5.09. The van der Waals surface area contributed by atoms with Crippen LogP contribution in [0.3, 0.4) is 0 Å². The molecule has 1 aromatic carbocycles. The van der Waals surface area contributed by atoms with Crippen molar-refractivity contribution < 1.29 is 4.79 Å². The zero-order valence-electron chi connectivity index (χ0n) is 17.0. The fraction of sp³-hybridized carbons (Fsp3) is 0.476. The van der Waals surface area contributed by atoms with Gasteiger partial charge in [0, 0.05) is 57.1 Å². The number of hydrogen-bond acceptors (Lipinski definition) is 4. The molecule has 2 heterocycles.